The van der Waals surface area contributed by atoms with Crippen molar-refractivity contribution in [3.05, 3.63) is 36.0 Å². The zero-order valence-corrected chi connectivity index (χ0v) is 21.8. The first-order chi connectivity index (χ1) is 16.6. The summed E-state index contributed by atoms with van der Waals surface area (Å²) in [6, 6.07) is 0. The van der Waals surface area contributed by atoms with Gasteiger partial charge in [-0.1, -0.05) is 58.1 Å². The normalized spacial score (nSPS) is 39.0. The van der Waals surface area contributed by atoms with Crippen molar-refractivity contribution >= 4 is 5.97 Å². The van der Waals surface area contributed by atoms with Crippen LogP contribution in [0.1, 0.15) is 66.7 Å². The summed E-state index contributed by atoms with van der Waals surface area (Å²) < 4.78 is 17.1. The highest BCUT2D eigenvalue weighted by Gasteiger charge is 2.50. The molecular formula is C28H44O7. The Kier molecular flexibility index (Phi) is 9.75. The predicted octanol–water partition coefficient (Wildman–Crippen LogP) is 3.47. The summed E-state index contributed by atoms with van der Waals surface area (Å²) >= 11 is 0. The van der Waals surface area contributed by atoms with Crippen molar-refractivity contribution in [1.82, 2.24) is 0 Å². The van der Waals surface area contributed by atoms with Gasteiger partial charge in [-0.3, -0.25) is 4.79 Å². The van der Waals surface area contributed by atoms with Gasteiger partial charge in [0.2, 0.25) is 0 Å². The van der Waals surface area contributed by atoms with Crippen LogP contribution in [0.15, 0.2) is 36.0 Å². The van der Waals surface area contributed by atoms with Crippen LogP contribution >= 0.6 is 0 Å². The number of allylic oxidation sites excluding steroid dienone is 3. The summed E-state index contributed by atoms with van der Waals surface area (Å²) in [5.41, 5.74) is 0.244. The van der Waals surface area contributed by atoms with Crippen LogP contribution in [-0.2, 0) is 19.0 Å². The fourth-order valence-corrected chi connectivity index (χ4v) is 4.96. The summed E-state index contributed by atoms with van der Waals surface area (Å²) in [4.78, 5) is 12.5. The van der Waals surface area contributed by atoms with Crippen LogP contribution in [0.2, 0.25) is 0 Å². The van der Waals surface area contributed by atoms with Gasteiger partial charge in [0.1, 0.15) is 17.8 Å². The Morgan fingerprint density at radius 3 is 2.66 bits per heavy atom. The van der Waals surface area contributed by atoms with Crippen LogP contribution in [0.3, 0.4) is 0 Å². The van der Waals surface area contributed by atoms with E-state index in [-0.39, 0.29) is 36.6 Å². The number of ether oxygens (including phenoxy) is 3. The molecule has 0 aromatic rings. The van der Waals surface area contributed by atoms with Gasteiger partial charge in [-0.05, 0) is 44.1 Å². The molecule has 3 rings (SSSR count). The lowest BCUT2D eigenvalue weighted by atomic mass is 9.91. The van der Waals surface area contributed by atoms with E-state index in [0.717, 1.165) is 18.4 Å². The molecule has 198 valence electrons. The van der Waals surface area contributed by atoms with E-state index in [2.05, 4.69) is 13.0 Å². The minimum atomic E-state index is -0.824. The van der Waals surface area contributed by atoms with Crippen molar-refractivity contribution in [3.63, 3.8) is 0 Å². The van der Waals surface area contributed by atoms with E-state index in [1.807, 2.05) is 45.9 Å². The number of esters is 1. The maximum absolute atomic E-state index is 12.5. The molecule has 1 spiro atoms. The third-order valence-corrected chi connectivity index (χ3v) is 7.71. The molecule has 3 heterocycles. The molecular weight excluding hydrogens is 448 g/mol. The quantitative estimate of drug-likeness (QED) is 0.206. The summed E-state index contributed by atoms with van der Waals surface area (Å²) in [5.74, 6) is -0.140. The van der Waals surface area contributed by atoms with Gasteiger partial charge in [0.25, 0.3) is 0 Å². The summed E-state index contributed by atoms with van der Waals surface area (Å²) in [5, 5.41) is 30.9. The van der Waals surface area contributed by atoms with Crippen LogP contribution < -0.4 is 0 Å². The van der Waals surface area contributed by atoms with Gasteiger partial charge in [0.15, 0.2) is 0 Å². The molecule has 35 heavy (non-hydrogen) atoms. The Morgan fingerprint density at radius 1 is 1.29 bits per heavy atom. The molecule has 3 N–H and O–H groups in total. The van der Waals surface area contributed by atoms with E-state index in [1.165, 1.54) is 0 Å². The van der Waals surface area contributed by atoms with Gasteiger partial charge in [-0.25, -0.2) is 0 Å². The number of aliphatic hydroxyl groups is 3. The molecule has 2 saturated heterocycles. The molecule has 10 atom stereocenters. The van der Waals surface area contributed by atoms with Gasteiger partial charge >= 0.3 is 5.97 Å². The predicted molar refractivity (Wildman–Crippen MR) is 134 cm³/mol. The van der Waals surface area contributed by atoms with Crippen LogP contribution in [-0.4, -0.2) is 70.1 Å². The monoisotopic (exact) mass is 492 g/mol. The molecule has 0 aromatic heterocycles. The number of hydrogen-bond acceptors (Lipinski definition) is 7. The first-order valence-electron chi connectivity index (χ1n) is 13.1. The highest BCUT2D eigenvalue weighted by atomic mass is 16.6. The van der Waals surface area contributed by atoms with Gasteiger partial charge < -0.3 is 29.5 Å². The summed E-state index contributed by atoms with van der Waals surface area (Å²) in [7, 11) is 0. The number of rotatable bonds is 8. The first-order valence-corrected chi connectivity index (χ1v) is 13.1. The van der Waals surface area contributed by atoms with E-state index < -0.39 is 29.9 Å². The van der Waals surface area contributed by atoms with Gasteiger partial charge in [0, 0.05) is 11.8 Å². The van der Waals surface area contributed by atoms with Crippen LogP contribution in [0, 0.1) is 17.8 Å². The second-order valence-electron chi connectivity index (χ2n) is 10.8. The van der Waals surface area contributed by atoms with E-state index in [1.54, 1.807) is 6.08 Å². The Hall–Kier alpha value is -1.51. The summed E-state index contributed by atoms with van der Waals surface area (Å²) in [6.07, 6.45) is 9.99. The highest BCUT2D eigenvalue weighted by Crippen LogP contribution is 2.38. The van der Waals surface area contributed by atoms with Crippen LogP contribution in [0.5, 0.6) is 0 Å². The van der Waals surface area contributed by atoms with Crippen molar-refractivity contribution in [2.45, 2.75) is 109 Å². The average molecular weight is 493 g/mol. The molecule has 3 aliphatic rings. The third-order valence-electron chi connectivity index (χ3n) is 7.71. The van der Waals surface area contributed by atoms with Crippen molar-refractivity contribution in [2.24, 2.45) is 17.8 Å². The van der Waals surface area contributed by atoms with Crippen molar-refractivity contribution in [1.29, 1.82) is 0 Å². The highest BCUT2D eigenvalue weighted by molar-refractivity contribution is 5.70. The molecule has 0 bridgehead atoms. The number of carbonyl (C=O) groups excluding carboxylic acids is 1. The second-order valence-corrected chi connectivity index (χ2v) is 10.8. The maximum atomic E-state index is 12.5. The Morgan fingerprint density at radius 2 is 2.00 bits per heavy atom. The lowest BCUT2D eigenvalue weighted by Crippen LogP contribution is -2.33. The van der Waals surface area contributed by atoms with Gasteiger partial charge in [-0.2, -0.15) is 0 Å². The molecule has 3 aliphatic heterocycles. The largest absolute Gasteiger partial charge is 0.457 e. The average Bonchev–Trinajstić information content (AvgIpc) is 3.74. The lowest BCUT2D eigenvalue weighted by molar-refractivity contribution is -0.151. The number of cyclic esters (lactones) is 1. The Labute approximate surface area is 209 Å². The molecule has 0 amide bonds. The molecule has 7 heteroatoms. The SMILES string of the molecule is CCC(O)C(C)C1OC1CC(C)C=CC=C(C)C1OC(=O)CC(O)CCC2(CO2)C(O)C=CC1C. The second kappa shape index (κ2) is 12.2. The van der Waals surface area contributed by atoms with Gasteiger partial charge in [-0.15, -0.1) is 0 Å². The standard InChI is InChI=1S/C28H44O7/c1-6-22(30)20(5)27-23(34-27)14-17(2)8-7-9-18(3)26-19(4)10-11-24(31)28(16-33-28)13-12-21(29)15-25(32)35-26/h7-11,17,19-24,26-27,29-31H,6,12-16H2,1-5H3. The molecule has 0 radical (unpaired) electrons. The lowest BCUT2D eigenvalue weighted by Gasteiger charge is -2.26. The van der Waals surface area contributed by atoms with Crippen molar-refractivity contribution < 1.29 is 34.3 Å². The number of aliphatic hydroxyl groups excluding tert-OH is 3. The minimum absolute atomic E-state index is 0.0764. The maximum Gasteiger partial charge on any atom is 0.309 e. The first kappa shape index (κ1) is 28.1. The van der Waals surface area contributed by atoms with E-state index in [9.17, 15) is 20.1 Å². The van der Waals surface area contributed by atoms with E-state index >= 15 is 0 Å². The topological polar surface area (TPSA) is 112 Å². The minimum Gasteiger partial charge on any atom is -0.457 e. The van der Waals surface area contributed by atoms with Gasteiger partial charge in [0.05, 0.1) is 37.4 Å². The molecule has 0 aromatic carbocycles. The van der Waals surface area contributed by atoms with Crippen LogP contribution in [0.4, 0.5) is 0 Å². The molecule has 0 saturated carbocycles. The zero-order valence-electron chi connectivity index (χ0n) is 21.8. The molecule has 7 nitrogen and oxygen atoms in total. The van der Waals surface area contributed by atoms with E-state index in [0.29, 0.717) is 25.4 Å². The Bertz CT molecular complexity index is 799. The summed E-state index contributed by atoms with van der Waals surface area (Å²) in [6.45, 7) is 10.5. The molecule has 0 aliphatic carbocycles. The molecule has 10 unspecified atom stereocenters. The smallest absolute Gasteiger partial charge is 0.309 e. The molecule has 2 fully saturated rings. The van der Waals surface area contributed by atoms with Crippen LogP contribution in [0.25, 0.3) is 0 Å². The Balaban J connectivity index is 1.61. The number of carbonyl (C=O) groups is 1. The van der Waals surface area contributed by atoms with Crippen molar-refractivity contribution in [2.75, 3.05) is 6.61 Å². The number of epoxide rings is 2. The number of hydrogen-bond donors (Lipinski definition) is 3. The van der Waals surface area contributed by atoms with E-state index in [4.69, 9.17) is 14.2 Å². The fourth-order valence-electron chi connectivity index (χ4n) is 4.96. The third kappa shape index (κ3) is 7.73. The zero-order chi connectivity index (χ0) is 25.8. The fraction of sp³-hybridized carbons (Fsp3) is 0.750. The van der Waals surface area contributed by atoms with Crippen molar-refractivity contribution in [3.8, 4) is 0 Å².